The molecule has 0 saturated carbocycles. The maximum atomic E-state index is 12.0. The fourth-order valence-electron chi connectivity index (χ4n) is 3.30. The molecule has 5 nitrogen and oxygen atoms in total. The number of anilines is 1. The predicted molar refractivity (Wildman–Crippen MR) is 110 cm³/mol. The lowest BCUT2D eigenvalue weighted by molar-refractivity contribution is 0.0526. The quantitative estimate of drug-likeness (QED) is 0.311. The summed E-state index contributed by atoms with van der Waals surface area (Å²) in [5, 5.41) is 6.36. The number of ether oxygens (including phenoxy) is 1. The maximum Gasteiger partial charge on any atom is 0.338 e. The molecule has 140 valence electrons. The number of esters is 1. The van der Waals surface area contributed by atoms with Gasteiger partial charge in [0.2, 0.25) is 0 Å². The van der Waals surface area contributed by atoms with E-state index in [0.29, 0.717) is 24.3 Å². The number of nitrogens with one attached hydrogen (secondary N) is 1. The first-order valence-electron chi connectivity index (χ1n) is 9.11. The highest BCUT2D eigenvalue weighted by molar-refractivity contribution is 6.07. The SMILES string of the molecule is CCOC(=O)c1ccc(NCc2cc(=O)oc3ccc4ccccc4c23)cc1. The van der Waals surface area contributed by atoms with Gasteiger partial charge in [0.05, 0.1) is 12.2 Å². The third-order valence-electron chi connectivity index (χ3n) is 4.59. The highest BCUT2D eigenvalue weighted by atomic mass is 16.5. The zero-order valence-corrected chi connectivity index (χ0v) is 15.4. The molecule has 4 rings (SSSR count). The maximum absolute atomic E-state index is 12.0. The molecular formula is C23H19NO4. The van der Waals surface area contributed by atoms with Crippen molar-refractivity contribution < 1.29 is 13.9 Å². The van der Waals surface area contributed by atoms with Gasteiger partial charge in [-0.25, -0.2) is 9.59 Å². The second-order valence-electron chi connectivity index (χ2n) is 6.40. The van der Waals surface area contributed by atoms with Crippen molar-refractivity contribution in [3.63, 3.8) is 0 Å². The minimum absolute atomic E-state index is 0.341. The Bertz CT molecular complexity index is 1210. The van der Waals surface area contributed by atoms with Gasteiger partial charge in [-0.2, -0.15) is 0 Å². The van der Waals surface area contributed by atoms with E-state index < -0.39 is 0 Å². The number of benzene rings is 3. The van der Waals surface area contributed by atoms with E-state index in [2.05, 4.69) is 5.32 Å². The van der Waals surface area contributed by atoms with E-state index in [0.717, 1.165) is 27.4 Å². The van der Waals surface area contributed by atoms with Gasteiger partial charge < -0.3 is 14.5 Å². The van der Waals surface area contributed by atoms with Crippen LogP contribution < -0.4 is 10.9 Å². The van der Waals surface area contributed by atoms with Gasteiger partial charge in [-0.05, 0) is 53.6 Å². The molecule has 1 aromatic heterocycles. The fourth-order valence-corrected chi connectivity index (χ4v) is 3.30. The molecule has 1 N–H and O–H groups in total. The van der Waals surface area contributed by atoms with Gasteiger partial charge >= 0.3 is 11.6 Å². The van der Waals surface area contributed by atoms with Crippen LogP contribution in [0.2, 0.25) is 0 Å². The smallest absolute Gasteiger partial charge is 0.338 e. The van der Waals surface area contributed by atoms with Crippen molar-refractivity contribution >= 4 is 33.4 Å². The van der Waals surface area contributed by atoms with Crippen LogP contribution in [0.4, 0.5) is 5.69 Å². The molecule has 0 atom stereocenters. The number of rotatable bonds is 5. The second kappa shape index (κ2) is 7.56. The van der Waals surface area contributed by atoms with Gasteiger partial charge in [0, 0.05) is 23.7 Å². The Hall–Kier alpha value is -3.60. The Kier molecular flexibility index (Phi) is 4.81. The van der Waals surface area contributed by atoms with Crippen molar-refractivity contribution in [3.05, 3.63) is 88.3 Å². The van der Waals surface area contributed by atoms with E-state index in [9.17, 15) is 9.59 Å². The molecule has 0 amide bonds. The highest BCUT2D eigenvalue weighted by Crippen LogP contribution is 2.27. The lowest BCUT2D eigenvalue weighted by Gasteiger charge is -2.11. The number of fused-ring (bicyclic) bond motifs is 3. The summed E-state index contributed by atoms with van der Waals surface area (Å²) in [6.07, 6.45) is 0. The summed E-state index contributed by atoms with van der Waals surface area (Å²) in [6, 6.07) is 20.4. The monoisotopic (exact) mass is 373 g/mol. The van der Waals surface area contributed by atoms with Gasteiger partial charge in [0.15, 0.2) is 0 Å². The van der Waals surface area contributed by atoms with E-state index in [1.807, 2.05) is 48.5 Å². The Balaban J connectivity index is 1.65. The number of carbonyl (C=O) groups excluding carboxylic acids is 1. The number of hydrogen-bond acceptors (Lipinski definition) is 5. The van der Waals surface area contributed by atoms with Crippen LogP contribution in [0.5, 0.6) is 0 Å². The average molecular weight is 373 g/mol. The Morgan fingerprint density at radius 3 is 2.61 bits per heavy atom. The van der Waals surface area contributed by atoms with E-state index in [1.54, 1.807) is 19.1 Å². The Morgan fingerprint density at radius 1 is 1.04 bits per heavy atom. The molecule has 0 unspecified atom stereocenters. The van der Waals surface area contributed by atoms with Gasteiger partial charge in [0.1, 0.15) is 5.58 Å². The van der Waals surface area contributed by atoms with Crippen molar-refractivity contribution in [2.45, 2.75) is 13.5 Å². The summed E-state index contributed by atoms with van der Waals surface area (Å²) in [5.74, 6) is -0.341. The Labute approximate surface area is 161 Å². The molecular weight excluding hydrogens is 354 g/mol. The molecule has 0 aliphatic carbocycles. The first-order valence-corrected chi connectivity index (χ1v) is 9.11. The lowest BCUT2D eigenvalue weighted by Crippen LogP contribution is -2.07. The summed E-state index contributed by atoms with van der Waals surface area (Å²) in [5.41, 5.74) is 2.40. The minimum Gasteiger partial charge on any atom is -0.462 e. The zero-order valence-electron chi connectivity index (χ0n) is 15.4. The molecule has 0 radical (unpaired) electrons. The molecule has 4 aromatic rings. The second-order valence-corrected chi connectivity index (χ2v) is 6.40. The number of hydrogen-bond donors (Lipinski definition) is 1. The van der Waals surface area contributed by atoms with Crippen molar-refractivity contribution in [1.82, 2.24) is 0 Å². The minimum atomic E-state index is -0.378. The molecule has 0 fully saturated rings. The normalized spacial score (nSPS) is 10.9. The van der Waals surface area contributed by atoms with Crippen molar-refractivity contribution in [3.8, 4) is 0 Å². The van der Waals surface area contributed by atoms with E-state index in [1.165, 1.54) is 6.07 Å². The van der Waals surface area contributed by atoms with Crippen LogP contribution in [0.15, 0.2) is 75.9 Å². The van der Waals surface area contributed by atoms with Crippen LogP contribution in [-0.4, -0.2) is 12.6 Å². The van der Waals surface area contributed by atoms with E-state index in [4.69, 9.17) is 9.15 Å². The third kappa shape index (κ3) is 3.47. The Morgan fingerprint density at radius 2 is 1.82 bits per heavy atom. The molecule has 1 heterocycles. The summed E-state index contributed by atoms with van der Waals surface area (Å²) in [7, 11) is 0. The topological polar surface area (TPSA) is 68.5 Å². The molecule has 0 saturated heterocycles. The highest BCUT2D eigenvalue weighted by Gasteiger charge is 2.10. The van der Waals surface area contributed by atoms with Crippen molar-refractivity contribution in [2.75, 3.05) is 11.9 Å². The fraction of sp³-hybridized carbons (Fsp3) is 0.130. The number of carbonyl (C=O) groups is 1. The molecule has 5 heteroatoms. The molecule has 0 aliphatic rings. The predicted octanol–water partition coefficient (Wildman–Crippen LogP) is 4.74. The first-order chi connectivity index (χ1) is 13.7. The summed E-state index contributed by atoms with van der Waals surface area (Å²) >= 11 is 0. The summed E-state index contributed by atoms with van der Waals surface area (Å²) in [4.78, 5) is 23.7. The van der Waals surface area contributed by atoms with Crippen molar-refractivity contribution in [1.29, 1.82) is 0 Å². The molecule has 0 spiro atoms. The largest absolute Gasteiger partial charge is 0.462 e. The molecule has 28 heavy (non-hydrogen) atoms. The van der Waals surface area contributed by atoms with E-state index >= 15 is 0 Å². The molecule has 3 aromatic carbocycles. The van der Waals surface area contributed by atoms with Crippen LogP contribution in [0, 0.1) is 0 Å². The third-order valence-corrected chi connectivity index (χ3v) is 4.59. The van der Waals surface area contributed by atoms with Crippen molar-refractivity contribution in [2.24, 2.45) is 0 Å². The van der Waals surface area contributed by atoms with E-state index in [-0.39, 0.29) is 11.6 Å². The van der Waals surface area contributed by atoms with Crippen LogP contribution >= 0.6 is 0 Å². The van der Waals surface area contributed by atoms with Gasteiger partial charge in [-0.15, -0.1) is 0 Å². The lowest BCUT2D eigenvalue weighted by atomic mass is 10.0. The van der Waals surface area contributed by atoms with Crippen LogP contribution in [0.25, 0.3) is 21.7 Å². The van der Waals surface area contributed by atoms with Crippen LogP contribution in [0.3, 0.4) is 0 Å². The van der Waals surface area contributed by atoms with Crippen LogP contribution in [0.1, 0.15) is 22.8 Å². The molecule has 0 aliphatic heterocycles. The first kappa shape index (κ1) is 17.8. The molecule has 0 bridgehead atoms. The van der Waals surface area contributed by atoms with Crippen LogP contribution in [-0.2, 0) is 11.3 Å². The van der Waals surface area contributed by atoms with Gasteiger partial charge in [-0.1, -0.05) is 30.3 Å². The zero-order chi connectivity index (χ0) is 19.5. The average Bonchev–Trinajstić information content (AvgIpc) is 2.72. The van der Waals surface area contributed by atoms with Gasteiger partial charge in [0.25, 0.3) is 0 Å². The van der Waals surface area contributed by atoms with Gasteiger partial charge in [-0.3, -0.25) is 0 Å². The summed E-state index contributed by atoms with van der Waals surface area (Å²) < 4.78 is 10.4. The standard InChI is InChI=1S/C23H19NO4/c1-2-27-23(26)16-7-10-18(11-8-16)24-14-17-13-21(25)28-20-12-9-15-5-3-4-6-19(15)22(17)20/h3-13,24H,2,14H2,1H3. The summed E-state index contributed by atoms with van der Waals surface area (Å²) in [6.45, 7) is 2.57.